The van der Waals surface area contributed by atoms with Crippen LogP contribution in [0.1, 0.15) is 25.0 Å². The average molecular weight is 315 g/mol. The first kappa shape index (κ1) is 17.6. The average Bonchev–Trinajstić information content (AvgIpc) is 2.50. The fourth-order valence-corrected chi connectivity index (χ4v) is 2.82. The number of nitrogens with zero attached hydrogens (tertiary/aromatic N) is 1. The van der Waals surface area contributed by atoms with Crippen molar-refractivity contribution in [3.63, 3.8) is 0 Å². The highest BCUT2D eigenvalue weighted by atomic mass is 19.1. The summed E-state index contributed by atoms with van der Waals surface area (Å²) in [4.78, 5) is 2.24. The molecule has 0 amide bonds. The van der Waals surface area contributed by atoms with E-state index in [0.29, 0.717) is 18.9 Å². The Bertz CT molecular complexity index is 568. The largest absolute Gasteiger partial charge is 0.391 e. The van der Waals surface area contributed by atoms with E-state index in [0.717, 1.165) is 24.2 Å². The molecule has 0 saturated carbocycles. The van der Waals surface area contributed by atoms with Crippen molar-refractivity contribution in [1.82, 2.24) is 4.90 Å². The zero-order chi connectivity index (χ0) is 16.7. The summed E-state index contributed by atoms with van der Waals surface area (Å²) in [6.07, 6.45) is 0.246. The summed E-state index contributed by atoms with van der Waals surface area (Å²) >= 11 is 0. The molecule has 0 heterocycles. The monoisotopic (exact) mass is 315 g/mol. The Balaban J connectivity index is 1.95. The second-order valence-electron chi connectivity index (χ2n) is 6.56. The van der Waals surface area contributed by atoms with Gasteiger partial charge in [0, 0.05) is 19.6 Å². The van der Waals surface area contributed by atoms with Gasteiger partial charge in [-0.3, -0.25) is 4.90 Å². The highest BCUT2D eigenvalue weighted by Crippen LogP contribution is 2.11. The van der Waals surface area contributed by atoms with Gasteiger partial charge >= 0.3 is 0 Å². The molecule has 0 bridgehead atoms. The molecule has 23 heavy (non-hydrogen) atoms. The van der Waals surface area contributed by atoms with Gasteiger partial charge in [-0.2, -0.15) is 0 Å². The third kappa shape index (κ3) is 6.51. The zero-order valence-corrected chi connectivity index (χ0v) is 14.0. The van der Waals surface area contributed by atoms with E-state index in [4.69, 9.17) is 0 Å². The number of hydrogen-bond acceptors (Lipinski definition) is 2. The van der Waals surface area contributed by atoms with Crippen molar-refractivity contribution in [2.24, 2.45) is 5.92 Å². The SMILES string of the molecule is CC(C)CN(Cc1ccc(F)cc1)C[C@@H](O)Cc1ccccc1. The summed E-state index contributed by atoms with van der Waals surface area (Å²) < 4.78 is 13.0. The Morgan fingerprint density at radius 3 is 2.17 bits per heavy atom. The van der Waals surface area contributed by atoms with Crippen molar-refractivity contribution in [2.75, 3.05) is 13.1 Å². The number of aliphatic hydroxyl groups is 1. The molecule has 2 aromatic carbocycles. The van der Waals surface area contributed by atoms with Crippen LogP contribution in [-0.4, -0.2) is 29.2 Å². The molecule has 1 atom stereocenters. The lowest BCUT2D eigenvalue weighted by atomic mass is 10.1. The molecular formula is C20H26FNO. The maximum Gasteiger partial charge on any atom is 0.123 e. The molecule has 2 nitrogen and oxygen atoms in total. The highest BCUT2D eigenvalue weighted by Gasteiger charge is 2.14. The fourth-order valence-electron chi connectivity index (χ4n) is 2.82. The predicted octanol–water partition coefficient (Wildman–Crippen LogP) is 3.89. The third-order valence-electron chi connectivity index (χ3n) is 3.73. The van der Waals surface area contributed by atoms with Crippen molar-refractivity contribution >= 4 is 0 Å². The zero-order valence-electron chi connectivity index (χ0n) is 14.0. The van der Waals surface area contributed by atoms with Crippen LogP contribution in [-0.2, 0) is 13.0 Å². The standard InChI is InChI=1S/C20H26FNO/c1-16(2)13-22(14-18-8-10-19(21)11-9-18)15-20(23)12-17-6-4-3-5-7-17/h3-11,16,20,23H,12-15H2,1-2H3/t20-/m0/s1. The highest BCUT2D eigenvalue weighted by molar-refractivity contribution is 5.17. The van der Waals surface area contributed by atoms with Crippen molar-refractivity contribution < 1.29 is 9.50 Å². The van der Waals surface area contributed by atoms with E-state index in [1.807, 2.05) is 42.5 Å². The van der Waals surface area contributed by atoms with Gasteiger partial charge in [0.15, 0.2) is 0 Å². The van der Waals surface area contributed by atoms with Crippen molar-refractivity contribution in [3.05, 3.63) is 71.5 Å². The van der Waals surface area contributed by atoms with Crippen LogP contribution in [0.5, 0.6) is 0 Å². The molecule has 3 heteroatoms. The summed E-state index contributed by atoms with van der Waals surface area (Å²) in [5, 5.41) is 10.4. The van der Waals surface area contributed by atoms with Crippen LogP contribution < -0.4 is 0 Å². The fraction of sp³-hybridized carbons (Fsp3) is 0.400. The van der Waals surface area contributed by atoms with Crippen LogP contribution in [0.15, 0.2) is 54.6 Å². The summed E-state index contributed by atoms with van der Waals surface area (Å²) in [6.45, 7) is 6.58. The molecule has 124 valence electrons. The topological polar surface area (TPSA) is 23.5 Å². The number of aliphatic hydroxyl groups excluding tert-OH is 1. The van der Waals surface area contributed by atoms with E-state index in [1.165, 1.54) is 12.1 Å². The van der Waals surface area contributed by atoms with Crippen LogP contribution in [0.25, 0.3) is 0 Å². The van der Waals surface area contributed by atoms with Gasteiger partial charge in [-0.25, -0.2) is 4.39 Å². The van der Waals surface area contributed by atoms with Crippen LogP contribution in [0, 0.1) is 11.7 Å². The molecule has 0 fully saturated rings. The van der Waals surface area contributed by atoms with Gasteiger partial charge in [0.05, 0.1) is 6.10 Å². The van der Waals surface area contributed by atoms with Gasteiger partial charge in [-0.1, -0.05) is 56.3 Å². The molecule has 2 rings (SSSR count). The van der Waals surface area contributed by atoms with Gasteiger partial charge < -0.3 is 5.11 Å². The lowest BCUT2D eigenvalue weighted by Gasteiger charge is -2.27. The first-order valence-electron chi connectivity index (χ1n) is 8.21. The quantitative estimate of drug-likeness (QED) is 0.799. The molecule has 1 N–H and O–H groups in total. The summed E-state index contributed by atoms with van der Waals surface area (Å²) in [6, 6.07) is 16.6. The van der Waals surface area contributed by atoms with E-state index < -0.39 is 6.10 Å². The molecule has 0 aliphatic carbocycles. The van der Waals surface area contributed by atoms with E-state index >= 15 is 0 Å². The Morgan fingerprint density at radius 1 is 0.913 bits per heavy atom. The molecule has 0 radical (unpaired) electrons. The van der Waals surface area contributed by atoms with Crippen LogP contribution in [0.2, 0.25) is 0 Å². The molecule has 0 aromatic heterocycles. The van der Waals surface area contributed by atoms with E-state index in [1.54, 1.807) is 0 Å². The molecule has 0 saturated heterocycles. The second-order valence-corrected chi connectivity index (χ2v) is 6.56. The summed E-state index contributed by atoms with van der Waals surface area (Å²) in [7, 11) is 0. The number of rotatable bonds is 8. The van der Waals surface area contributed by atoms with E-state index in [9.17, 15) is 9.50 Å². The lowest BCUT2D eigenvalue weighted by Crippen LogP contribution is -2.35. The summed E-state index contributed by atoms with van der Waals surface area (Å²) in [5.41, 5.74) is 2.21. The maximum absolute atomic E-state index is 13.0. The minimum atomic E-state index is -0.406. The molecule has 0 aliphatic heterocycles. The third-order valence-corrected chi connectivity index (χ3v) is 3.73. The molecule has 0 spiro atoms. The van der Waals surface area contributed by atoms with E-state index in [-0.39, 0.29) is 5.82 Å². The minimum Gasteiger partial charge on any atom is -0.391 e. The Labute approximate surface area is 138 Å². The second kappa shape index (κ2) is 8.80. The van der Waals surface area contributed by atoms with E-state index in [2.05, 4.69) is 18.7 Å². The van der Waals surface area contributed by atoms with Gasteiger partial charge in [-0.15, -0.1) is 0 Å². The van der Waals surface area contributed by atoms with Crippen molar-refractivity contribution in [3.8, 4) is 0 Å². The van der Waals surface area contributed by atoms with Gasteiger partial charge in [0.1, 0.15) is 5.82 Å². The Morgan fingerprint density at radius 2 is 1.57 bits per heavy atom. The normalized spacial score (nSPS) is 12.8. The maximum atomic E-state index is 13.0. The lowest BCUT2D eigenvalue weighted by molar-refractivity contribution is 0.101. The Kier molecular flexibility index (Phi) is 6.75. The number of hydrogen-bond donors (Lipinski definition) is 1. The molecule has 0 aliphatic rings. The molecular weight excluding hydrogens is 289 g/mol. The smallest absolute Gasteiger partial charge is 0.123 e. The molecule has 2 aromatic rings. The van der Waals surface area contributed by atoms with Gasteiger partial charge in [0.25, 0.3) is 0 Å². The van der Waals surface area contributed by atoms with Crippen molar-refractivity contribution in [1.29, 1.82) is 0 Å². The van der Waals surface area contributed by atoms with Gasteiger partial charge in [-0.05, 0) is 35.6 Å². The van der Waals surface area contributed by atoms with Gasteiger partial charge in [0.2, 0.25) is 0 Å². The first-order valence-corrected chi connectivity index (χ1v) is 8.21. The van der Waals surface area contributed by atoms with Crippen LogP contribution in [0.4, 0.5) is 4.39 Å². The van der Waals surface area contributed by atoms with Crippen LogP contribution in [0.3, 0.4) is 0 Å². The van der Waals surface area contributed by atoms with Crippen molar-refractivity contribution in [2.45, 2.75) is 32.9 Å². The minimum absolute atomic E-state index is 0.215. The summed E-state index contributed by atoms with van der Waals surface area (Å²) in [5.74, 6) is 0.299. The molecule has 0 unspecified atom stereocenters. The van der Waals surface area contributed by atoms with Crippen LogP contribution >= 0.6 is 0 Å². The number of benzene rings is 2. The first-order chi connectivity index (χ1) is 11.0. The number of halogens is 1. The predicted molar refractivity (Wildman–Crippen MR) is 92.7 cm³/mol. The Hall–Kier alpha value is -1.71.